The fourth-order valence-electron chi connectivity index (χ4n) is 6.42. The quantitative estimate of drug-likeness (QED) is 0.0758. The minimum Gasteiger partial charge on any atom is -0.481 e. The molecule has 0 unspecified atom stereocenters. The van der Waals surface area contributed by atoms with E-state index in [0.717, 1.165) is 32.6 Å². The van der Waals surface area contributed by atoms with E-state index in [4.69, 9.17) is 0 Å². The van der Waals surface area contributed by atoms with Crippen LogP contribution in [-0.2, 0) is 11.2 Å². The van der Waals surface area contributed by atoms with Crippen LogP contribution in [0.3, 0.4) is 0 Å². The van der Waals surface area contributed by atoms with E-state index in [1.165, 1.54) is 160 Å². The highest BCUT2D eigenvalue weighted by Crippen LogP contribution is 2.14. The third-order valence-corrected chi connectivity index (χ3v) is 9.22. The standard InChI is InChI=1S/C40H74N2O2/c1-3-5-7-9-11-17-21-28-34-42(35-29-22-18-12-10-8-6-4-2)37-39(36-40(43)44)41-33-27-20-16-14-13-15-19-24-30-38-31-25-23-26-32-38/h23,25-26,31-32,39,41H,3-22,24,27-30,33-37H2,1-2H3,(H,43,44)/t39-/m0/s1. The van der Waals surface area contributed by atoms with Crippen molar-refractivity contribution in [1.82, 2.24) is 10.2 Å². The molecule has 1 rings (SSSR count). The van der Waals surface area contributed by atoms with Gasteiger partial charge < -0.3 is 15.3 Å². The van der Waals surface area contributed by atoms with Crippen LogP contribution in [0.2, 0.25) is 0 Å². The summed E-state index contributed by atoms with van der Waals surface area (Å²) in [4.78, 5) is 14.3. The molecule has 0 fully saturated rings. The normalized spacial score (nSPS) is 12.2. The lowest BCUT2D eigenvalue weighted by molar-refractivity contribution is -0.137. The van der Waals surface area contributed by atoms with Crippen LogP contribution in [0.25, 0.3) is 0 Å². The van der Waals surface area contributed by atoms with Gasteiger partial charge in [-0.15, -0.1) is 0 Å². The minimum absolute atomic E-state index is 0.0557. The van der Waals surface area contributed by atoms with Crippen LogP contribution in [0.4, 0.5) is 0 Å². The fraction of sp³-hybridized carbons (Fsp3) is 0.825. The third-order valence-electron chi connectivity index (χ3n) is 9.22. The van der Waals surface area contributed by atoms with Gasteiger partial charge in [-0.05, 0) is 57.3 Å². The zero-order valence-electron chi connectivity index (χ0n) is 29.5. The Morgan fingerprint density at radius 2 is 1.05 bits per heavy atom. The molecule has 0 saturated carbocycles. The van der Waals surface area contributed by atoms with Crippen LogP contribution in [0.5, 0.6) is 0 Å². The highest BCUT2D eigenvalue weighted by Gasteiger charge is 2.17. The molecule has 1 atom stereocenters. The number of unbranched alkanes of at least 4 members (excludes halogenated alkanes) is 21. The number of rotatable bonds is 34. The molecule has 0 heterocycles. The summed E-state index contributed by atoms with van der Waals surface area (Å²) < 4.78 is 0. The lowest BCUT2D eigenvalue weighted by Crippen LogP contribution is -2.43. The van der Waals surface area contributed by atoms with E-state index in [0.29, 0.717) is 0 Å². The largest absolute Gasteiger partial charge is 0.481 e. The van der Waals surface area contributed by atoms with E-state index in [1.807, 2.05) is 0 Å². The van der Waals surface area contributed by atoms with Crippen molar-refractivity contribution in [3.8, 4) is 0 Å². The van der Waals surface area contributed by atoms with Crippen LogP contribution < -0.4 is 5.32 Å². The number of hydrogen-bond donors (Lipinski definition) is 2. The van der Waals surface area contributed by atoms with E-state index in [9.17, 15) is 9.90 Å². The first-order valence-corrected chi connectivity index (χ1v) is 19.4. The fourth-order valence-corrected chi connectivity index (χ4v) is 6.42. The van der Waals surface area contributed by atoms with Crippen molar-refractivity contribution in [2.45, 2.75) is 187 Å². The molecule has 1 aromatic rings. The molecule has 0 aliphatic carbocycles. The Bertz CT molecular complexity index is 705. The van der Waals surface area contributed by atoms with Gasteiger partial charge >= 0.3 is 5.97 Å². The maximum Gasteiger partial charge on any atom is 0.304 e. The Hall–Kier alpha value is -1.39. The third kappa shape index (κ3) is 27.0. The summed E-state index contributed by atoms with van der Waals surface area (Å²) in [6.45, 7) is 8.62. The number of benzene rings is 1. The molecule has 0 saturated heterocycles. The molecule has 44 heavy (non-hydrogen) atoms. The van der Waals surface area contributed by atoms with Crippen molar-refractivity contribution in [3.63, 3.8) is 0 Å². The predicted octanol–water partition coefficient (Wildman–Crippen LogP) is 11.4. The predicted molar refractivity (Wildman–Crippen MR) is 193 cm³/mol. The molecule has 0 amide bonds. The average Bonchev–Trinajstić information content (AvgIpc) is 3.02. The van der Waals surface area contributed by atoms with E-state index in [2.05, 4.69) is 54.4 Å². The lowest BCUT2D eigenvalue weighted by atomic mass is 10.0. The molecule has 2 N–H and O–H groups in total. The van der Waals surface area contributed by atoms with Gasteiger partial charge in [0.25, 0.3) is 0 Å². The maximum absolute atomic E-state index is 11.7. The number of nitrogens with zero attached hydrogens (tertiary/aromatic N) is 1. The van der Waals surface area contributed by atoms with Gasteiger partial charge in [0.2, 0.25) is 0 Å². The summed E-state index contributed by atoms with van der Waals surface area (Å²) in [5.74, 6) is -0.672. The van der Waals surface area contributed by atoms with Crippen molar-refractivity contribution < 1.29 is 9.90 Å². The first-order valence-electron chi connectivity index (χ1n) is 19.4. The van der Waals surface area contributed by atoms with Gasteiger partial charge in [-0.2, -0.15) is 0 Å². The zero-order chi connectivity index (χ0) is 31.8. The van der Waals surface area contributed by atoms with Gasteiger partial charge in [0.1, 0.15) is 0 Å². The number of carbonyl (C=O) groups is 1. The lowest BCUT2D eigenvalue weighted by Gasteiger charge is -2.28. The number of aliphatic carboxylic acids is 1. The summed E-state index contributed by atoms with van der Waals surface area (Å²) in [6.07, 6.45) is 33.3. The number of carboxylic acid groups (broad SMARTS) is 1. The molecular weight excluding hydrogens is 540 g/mol. The highest BCUT2D eigenvalue weighted by atomic mass is 16.4. The first-order chi connectivity index (χ1) is 21.7. The van der Waals surface area contributed by atoms with Gasteiger partial charge in [0.15, 0.2) is 0 Å². The number of aryl methyl sites for hydroxylation is 1. The Balaban J connectivity index is 2.28. The second-order valence-electron chi connectivity index (χ2n) is 13.6. The topological polar surface area (TPSA) is 52.6 Å². The Kier molecular flexibility index (Phi) is 29.2. The number of carboxylic acids is 1. The van der Waals surface area contributed by atoms with Crippen LogP contribution in [0.1, 0.15) is 180 Å². The van der Waals surface area contributed by atoms with Crippen molar-refractivity contribution >= 4 is 5.97 Å². The molecule has 0 aliphatic heterocycles. The van der Waals surface area contributed by atoms with E-state index in [1.54, 1.807) is 0 Å². The summed E-state index contributed by atoms with van der Waals surface area (Å²) in [5.41, 5.74) is 1.46. The van der Waals surface area contributed by atoms with Gasteiger partial charge in [-0.25, -0.2) is 0 Å². The van der Waals surface area contributed by atoms with E-state index < -0.39 is 5.97 Å². The summed E-state index contributed by atoms with van der Waals surface area (Å²) in [6, 6.07) is 10.9. The monoisotopic (exact) mass is 615 g/mol. The average molecular weight is 615 g/mol. The van der Waals surface area contributed by atoms with Crippen LogP contribution in [0, 0.1) is 0 Å². The molecule has 0 aromatic heterocycles. The molecule has 4 heteroatoms. The van der Waals surface area contributed by atoms with Gasteiger partial charge in [-0.3, -0.25) is 4.79 Å². The summed E-state index contributed by atoms with van der Waals surface area (Å²) in [5, 5.41) is 13.3. The van der Waals surface area contributed by atoms with E-state index >= 15 is 0 Å². The molecule has 256 valence electrons. The molecule has 0 spiro atoms. The van der Waals surface area contributed by atoms with Crippen molar-refractivity contribution in [3.05, 3.63) is 35.9 Å². The van der Waals surface area contributed by atoms with Gasteiger partial charge in [0, 0.05) is 12.6 Å². The molecule has 0 aliphatic rings. The highest BCUT2D eigenvalue weighted by molar-refractivity contribution is 5.67. The van der Waals surface area contributed by atoms with Crippen LogP contribution >= 0.6 is 0 Å². The van der Waals surface area contributed by atoms with Crippen molar-refractivity contribution in [1.29, 1.82) is 0 Å². The van der Waals surface area contributed by atoms with Crippen LogP contribution in [0.15, 0.2) is 30.3 Å². The molecular formula is C40H74N2O2. The second-order valence-corrected chi connectivity index (χ2v) is 13.6. The minimum atomic E-state index is -0.672. The Morgan fingerprint density at radius 1 is 0.614 bits per heavy atom. The Morgan fingerprint density at radius 3 is 1.52 bits per heavy atom. The first kappa shape index (κ1) is 40.6. The second kappa shape index (κ2) is 31.6. The number of hydrogen-bond acceptors (Lipinski definition) is 3. The number of nitrogens with one attached hydrogen (secondary N) is 1. The summed E-state index contributed by atoms with van der Waals surface area (Å²) >= 11 is 0. The van der Waals surface area contributed by atoms with Gasteiger partial charge in [-0.1, -0.05) is 173 Å². The zero-order valence-corrected chi connectivity index (χ0v) is 29.5. The Labute approximate surface area is 274 Å². The molecule has 0 bridgehead atoms. The van der Waals surface area contributed by atoms with Crippen molar-refractivity contribution in [2.24, 2.45) is 0 Å². The van der Waals surface area contributed by atoms with Gasteiger partial charge in [0.05, 0.1) is 6.42 Å². The van der Waals surface area contributed by atoms with E-state index in [-0.39, 0.29) is 12.5 Å². The van der Waals surface area contributed by atoms with Crippen molar-refractivity contribution in [2.75, 3.05) is 26.2 Å². The molecule has 1 aromatic carbocycles. The molecule has 0 radical (unpaired) electrons. The SMILES string of the molecule is CCCCCCCCCCN(CCCCCCCCCC)C[C@H](CC(=O)O)NCCCCCCCCCCc1ccccc1. The smallest absolute Gasteiger partial charge is 0.304 e. The van der Waals surface area contributed by atoms with Crippen LogP contribution in [-0.4, -0.2) is 48.2 Å². The summed E-state index contributed by atoms with van der Waals surface area (Å²) in [7, 11) is 0. The maximum atomic E-state index is 11.7. The molecule has 4 nitrogen and oxygen atoms in total.